The second-order valence-corrected chi connectivity index (χ2v) is 3.88. The highest BCUT2D eigenvalue weighted by molar-refractivity contribution is 5.73. The van der Waals surface area contributed by atoms with Crippen molar-refractivity contribution >= 4 is 17.1 Å². The van der Waals surface area contributed by atoms with Gasteiger partial charge in [-0.3, -0.25) is 0 Å². The van der Waals surface area contributed by atoms with Crippen molar-refractivity contribution in [3.8, 4) is 0 Å². The number of rotatable bonds is 3. The summed E-state index contributed by atoms with van der Waals surface area (Å²) in [6, 6.07) is 0.0595. The third kappa shape index (κ3) is 1.94. The van der Waals surface area contributed by atoms with Gasteiger partial charge in [-0.1, -0.05) is 5.21 Å². The third-order valence-electron chi connectivity index (χ3n) is 2.21. The quantitative estimate of drug-likeness (QED) is 0.747. The summed E-state index contributed by atoms with van der Waals surface area (Å²) >= 11 is 0. The standard InChI is InChI=1S/C9H15N7/c1-5(10)4-11-9-12-6(2)7-8(13-9)16(3)15-14-7/h5H,4,10H2,1-3H3,(H,11,12,13). The summed E-state index contributed by atoms with van der Waals surface area (Å²) < 4.78 is 1.63. The fraction of sp³-hybridized carbons (Fsp3) is 0.556. The summed E-state index contributed by atoms with van der Waals surface area (Å²) in [6.45, 7) is 4.44. The number of aryl methyl sites for hydroxylation is 2. The van der Waals surface area contributed by atoms with E-state index in [1.165, 1.54) is 0 Å². The minimum atomic E-state index is 0.0595. The zero-order chi connectivity index (χ0) is 11.7. The van der Waals surface area contributed by atoms with Crippen molar-refractivity contribution in [2.45, 2.75) is 19.9 Å². The lowest BCUT2D eigenvalue weighted by molar-refractivity contribution is 0.729. The summed E-state index contributed by atoms with van der Waals surface area (Å²) in [7, 11) is 1.80. The van der Waals surface area contributed by atoms with Gasteiger partial charge in [-0.05, 0) is 13.8 Å². The fourth-order valence-corrected chi connectivity index (χ4v) is 1.38. The molecule has 0 radical (unpaired) electrons. The Bertz CT molecular complexity index is 502. The molecule has 2 rings (SSSR count). The number of fused-ring (bicyclic) bond motifs is 1. The van der Waals surface area contributed by atoms with Gasteiger partial charge < -0.3 is 11.1 Å². The Hall–Kier alpha value is -1.76. The monoisotopic (exact) mass is 221 g/mol. The van der Waals surface area contributed by atoms with Crippen molar-refractivity contribution in [2.24, 2.45) is 12.8 Å². The average molecular weight is 221 g/mol. The first-order valence-electron chi connectivity index (χ1n) is 5.11. The first-order chi connectivity index (χ1) is 7.58. The lowest BCUT2D eigenvalue weighted by Crippen LogP contribution is -2.26. The summed E-state index contributed by atoms with van der Waals surface area (Å²) in [5.41, 5.74) is 7.92. The highest BCUT2D eigenvalue weighted by Gasteiger charge is 2.09. The van der Waals surface area contributed by atoms with Gasteiger partial charge in [0.2, 0.25) is 5.95 Å². The molecule has 2 heterocycles. The molecule has 0 spiro atoms. The Kier molecular flexibility index (Phi) is 2.69. The van der Waals surface area contributed by atoms with Crippen LogP contribution in [0.1, 0.15) is 12.6 Å². The Morgan fingerprint density at radius 2 is 2.19 bits per heavy atom. The van der Waals surface area contributed by atoms with Crippen molar-refractivity contribution in [3.63, 3.8) is 0 Å². The lowest BCUT2D eigenvalue weighted by atomic mass is 10.3. The van der Waals surface area contributed by atoms with E-state index < -0.39 is 0 Å². The molecule has 16 heavy (non-hydrogen) atoms. The van der Waals surface area contributed by atoms with E-state index >= 15 is 0 Å². The average Bonchev–Trinajstić information content (AvgIpc) is 2.58. The molecule has 3 N–H and O–H groups in total. The van der Waals surface area contributed by atoms with E-state index in [2.05, 4.69) is 25.6 Å². The van der Waals surface area contributed by atoms with Crippen LogP contribution in [-0.4, -0.2) is 37.5 Å². The highest BCUT2D eigenvalue weighted by Crippen LogP contribution is 2.12. The molecule has 0 aliphatic rings. The van der Waals surface area contributed by atoms with Crippen LogP contribution in [-0.2, 0) is 7.05 Å². The zero-order valence-electron chi connectivity index (χ0n) is 9.60. The van der Waals surface area contributed by atoms with Crippen molar-refractivity contribution in [2.75, 3.05) is 11.9 Å². The minimum Gasteiger partial charge on any atom is -0.353 e. The van der Waals surface area contributed by atoms with Crippen LogP contribution in [0, 0.1) is 6.92 Å². The predicted molar refractivity (Wildman–Crippen MR) is 61.0 cm³/mol. The number of nitrogens with one attached hydrogen (secondary N) is 1. The lowest BCUT2D eigenvalue weighted by Gasteiger charge is -2.07. The second-order valence-electron chi connectivity index (χ2n) is 3.88. The maximum absolute atomic E-state index is 5.65. The molecular weight excluding hydrogens is 206 g/mol. The Morgan fingerprint density at radius 3 is 2.88 bits per heavy atom. The number of hydrogen-bond acceptors (Lipinski definition) is 6. The van der Waals surface area contributed by atoms with Gasteiger partial charge in [0.15, 0.2) is 11.2 Å². The van der Waals surface area contributed by atoms with Crippen LogP contribution in [0.2, 0.25) is 0 Å². The first kappa shape index (κ1) is 10.7. The van der Waals surface area contributed by atoms with E-state index in [0.29, 0.717) is 12.5 Å². The molecule has 1 atom stereocenters. The molecule has 0 aromatic carbocycles. The van der Waals surface area contributed by atoms with Gasteiger partial charge in [-0.2, -0.15) is 4.98 Å². The van der Waals surface area contributed by atoms with E-state index in [9.17, 15) is 0 Å². The van der Waals surface area contributed by atoms with Gasteiger partial charge in [0.25, 0.3) is 0 Å². The zero-order valence-corrected chi connectivity index (χ0v) is 9.60. The van der Waals surface area contributed by atoms with Crippen LogP contribution in [0.4, 0.5) is 5.95 Å². The molecule has 0 amide bonds. The van der Waals surface area contributed by atoms with Crippen LogP contribution in [0.15, 0.2) is 0 Å². The Labute approximate surface area is 93.1 Å². The molecule has 0 saturated carbocycles. The van der Waals surface area contributed by atoms with E-state index in [-0.39, 0.29) is 6.04 Å². The molecule has 7 heteroatoms. The smallest absolute Gasteiger partial charge is 0.225 e. The van der Waals surface area contributed by atoms with Gasteiger partial charge in [-0.25, -0.2) is 9.67 Å². The van der Waals surface area contributed by atoms with Gasteiger partial charge >= 0.3 is 0 Å². The molecule has 0 aliphatic carbocycles. The van der Waals surface area contributed by atoms with Crippen LogP contribution in [0.5, 0.6) is 0 Å². The number of nitrogens with two attached hydrogens (primary N) is 1. The van der Waals surface area contributed by atoms with Crippen LogP contribution >= 0.6 is 0 Å². The first-order valence-corrected chi connectivity index (χ1v) is 5.11. The number of hydrogen-bond donors (Lipinski definition) is 2. The van der Waals surface area contributed by atoms with Gasteiger partial charge in [0, 0.05) is 19.6 Å². The van der Waals surface area contributed by atoms with Crippen LogP contribution in [0.3, 0.4) is 0 Å². The third-order valence-corrected chi connectivity index (χ3v) is 2.21. The summed E-state index contributed by atoms with van der Waals surface area (Å²) in [5, 5.41) is 11.0. The topological polar surface area (TPSA) is 94.5 Å². The van der Waals surface area contributed by atoms with Crippen LogP contribution in [0.25, 0.3) is 11.2 Å². The fourth-order valence-electron chi connectivity index (χ4n) is 1.38. The largest absolute Gasteiger partial charge is 0.353 e. The Balaban J connectivity index is 2.36. The van der Waals surface area contributed by atoms with Crippen molar-refractivity contribution in [3.05, 3.63) is 5.69 Å². The van der Waals surface area contributed by atoms with E-state index in [1.54, 1.807) is 11.7 Å². The molecule has 0 aliphatic heterocycles. The van der Waals surface area contributed by atoms with Crippen molar-refractivity contribution in [1.29, 1.82) is 0 Å². The SMILES string of the molecule is Cc1nc(NCC(C)N)nc2c1nnn2C. The van der Waals surface area contributed by atoms with Gasteiger partial charge in [0.1, 0.15) is 0 Å². The molecule has 0 saturated heterocycles. The van der Waals surface area contributed by atoms with Crippen LogP contribution < -0.4 is 11.1 Å². The van der Waals surface area contributed by atoms with E-state index in [0.717, 1.165) is 16.9 Å². The van der Waals surface area contributed by atoms with Crippen molar-refractivity contribution < 1.29 is 0 Å². The molecular formula is C9H15N7. The molecule has 86 valence electrons. The molecule has 0 bridgehead atoms. The maximum atomic E-state index is 5.65. The number of aromatic nitrogens is 5. The maximum Gasteiger partial charge on any atom is 0.225 e. The summed E-state index contributed by atoms with van der Waals surface area (Å²) in [4.78, 5) is 8.62. The molecule has 1 unspecified atom stereocenters. The molecule has 2 aromatic heterocycles. The normalized spacial score (nSPS) is 13.0. The Morgan fingerprint density at radius 1 is 1.44 bits per heavy atom. The molecule has 7 nitrogen and oxygen atoms in total. The number of nitrogens with zero attached hydrogens (tertiary/aromatic N) is 5. The van der Waals surface area contributed by atoms with E-state index in [4.69, 9.17) is 5.73 Å². The summed E-state index contributed by atoms with van der Waals surface area (Å²) in [5.74, 6) is 0.563. The van der Waals surface area contributed by atoms with Gasteiger partial charge in [0.05, 0.1) is 5.69 Å². The minimum absolute atomic E-state index is 0.0595. The highest BCUT2D eigenvalue weighted by atomic mass is 15.4. The molecule has 2 aromatic rings. The van der Waals surface area contributed by atoms with E-state index in [1.807, 2.05) is 13.8 Å². The summed E-state index contributed by atoms with van der Waals surface area (Å²) in [6.07, 6.45) is 0. The molecule has 0 fully saturated rings. The second kappa shape index (κ2) is 4.01. The predicted octanol–water partition coefficient (Wildman–Crippen LogP) is -0.174. The van der Waals surface area contributed by atoms with Gasteiger partial charge in [-0.15, -0.1) is 5.10 Å². The number of anilines is 1. The van der Waals surface area contributed by atoms with Crippen molar-refractivity contribution in [1.82, 2.24) is 25.0 Å².